The number of hydrogen-bond donors (Lipinski definition) is 2. The number of aliphatic hydroxyl groups excluding tert-OH is 2. The highest BCUT2D eigenvalue weighted by molar-refractivity contribution is 5.25. The van der Waals surface area contributed by atoms with Crippen molar-refractivity contribution in [3.63, 3.8) is 0 Å². The van der Waals surface area contributed by atoms with Gasteiger partial charge in [0.1, 0.15) is 0 Å². The molecule has 0 aliphatic heterocycles. The minimum atomic E-state index is -0.258. The lowest BCUT2D eigenvalue weighted by Crippen LogP contribution is -2.47. The average Bonchev–Trinajstić information content (AvgIpc) is 2.89. The zero-order valence-electron chi connectivity index (χ0n) is 15.1. The van der Waals surface area contributed by atoms with Crippen LogP contribution in [-0.2, 0) is 0 Å². The zero-order valence-corrected chi connectivity index (χ0v) is 15.1. The third-order valence-corrected chi connectivity index (χ3v) is 8.61. The number of rotatable bonds is 1. The van der Waals surface area contributed by atoms with Crippen molar-refractivity contribution < 1.29 is 10.2 Å². The van der Waals surface area contributed by atoms with Crippen LogP contribution in [0.3, 0.4) is 0 Å². The number of allylic oxidation sites excluding steroid dienone is 1. The van der Waals surface area contributed by atoms with Crippen molar-refractivity contribution in [3.05, 3.63) is 11.1 Å². The van der Waals surface area contributed by atoms with Crippen LogP contribution < -0.4 is 0 Å². The maximum absolute atomic E-state index is 10.1. The van der Waals surface area contributed by atoms with E-state index in [1.165, 1.54) is 43.3 Å². The summed E-state index contributed by atoms with van der Waals surface area (Å²) in [5.74, 6) is 4.10. The monoisotopic (exact) mass is 318 g/mol. The van der Waals surface area contributed by atoms with Crippen molar-refractivity contribution >= 4 is 0 Å². The van der Waals surface area contributed by atoms with Crippen molar-refractivity contribution in [3.8, 4) is 0 Å². The van der Waals surface area contributed by atoms with Crippen molar-refractivity contribution in [1.29, 1.82) is 0 Å². The highest BCUT2D eigenvalue weighted by Gasteiger charge is 2.57. The van der Waals surface area contributed by atoms with E-state index in [1.807, 2.05) is 6.92 Å². The van der Waals surface area contributed by atoms with Gasteiger partial charge in [0.25, 0.3) is 0 Å². The first-order valence-electron chi connectivity index (χ1n) is 9.97. The van der Waals surface area contributed by atoms with E-state index in [9.17, 15) is 10.2 Å². The summed E-state index contributed by atoms with van der Waals surface area (Å²) in [6, 6.07) is 0. The Balaban J connectivity index is 1.63. The molecule has 4 rings (SSSR count). The second-order valence-electron chi connectivity index (χ2n) is 9.41. The number of hydrogen-bond acceptors (Lipinski definition) is 2. The van der Waals surface area contributed by atoms with E-state index in [2.05, 4.69) is 13.8 Å². The SMILES string of the molecule is CC1=C([C@@H](C)O)CC[C@H]2[C@H]3CC[C@H]4C[C@@H](O)CC[C@]4(C)[C@@H]3C[C@@H]12. The number of fused-ring (bicyclic) bond motifs is 5. The molecule has 4 aliphatic rings. The van der Waals surface area contributed by atoms with E-state index in [4.69, 9.17) is 0 Å². The highest BCUT2D eigenvalue weighted by atomic mass is 16.3. The van der Waals surface area contributed by atoms with E-state index in [0.717, 1.165) is 48.9 Å². The topological polar surface area (TPSA) is 40.5 Å². The van der Waals surface area contributed by atoms with Crippen LogP contribution >= 0.6 is 0 Å². The molecule has 0 heterocycles. The van der Waals surface area contributed by atoms with Crippen LogP contribution in [0, 0.1) is 35.0 Å². The molecule has 0 radical (unpaired) electrons. The largest absolute Gasteiger partial charge is 0.393 e. The summed E-state index contributed by atoms with van der Waals surface area (Å²) in [7, 11) is 0. The molecule has 4 aliphatic carbocycles. The Morgan fingerprint density at radius 3 is 2.61 bits per heavy atom. The van der Waals surface area contributed by atoms with Crippen molar-refractivity contribution in [2.24, 2.45) is 35.0 Å². The maximum atomic E-state index is 10.1. The fraction of sp³-hybridized carbons (Fsp3) is 0.905. The van der Waals surface area contributed by atoms with E-state index in [-0.39, 0.29) is 12.2 Å². The van der Waals surface area contributed by atoms with Gasteiger partial charge in [-0.2, -0.15) is 0 Å². The Hall–Kier alpha value is -0.340. The summed E-state index contributed by atoms with van der Waals surface area (Å²) in [6.07, 6.45) is 9.47. The summed E-state index contributed by atoms with van der Waals surface area (Å²) >= 11 is 0. The molecule has 2 nitrogen and oxygen atoms in total. The highest BCUT2D eigenvalue weighted by Crippen LogP contribution is 2.65. The Kier molecular flexibility index (Phi) is 3.93. The lowest BCUT2D eigenvalue weighted by Gasteiger charge is -2.53. The van der Waals surface area contributed by atoms with E-state index in [1.54, 1.807) is 0 Å². The summed E-state index contributed by atoms with van der Waals surface area (Å²) < 4.78 is 0. The fourth-order valence-corrected chi connectivity index (χ4v) is 7.33. The van der Waals surface area contributed by atoms with Gasteiger partial charge in [0, 0.05) is 0 Å². The summed E-state index contributed by atoms with van der Waals surface area (Å²) in [5, 5.41) is 20.2. The van der Waals surface area contributed by atoms with Gasteiger partial charge in [-0.1, -0.05) is 12.5 Å². The molecule has 3 fully saturated rings. The van der Waals surface area contributed by atoms with Gasteiger partial charge in [-0.3, -0.25) is 0 Å². The average molecular weight is 319 g/mol. The van der Waals surface area contributed by atoms with Crippen molar-refractivity contribution in [1.82, 2.24) is 0 Å². The smallest absolute Gasteiger partial charge is 0.0724 e. The molecule has 0 aromatic carbocycles. The molecule has 0 spiro atoms. The van der Waals surface area contributed by atoms with Gasteiger partial charge in [0.2, 0.25) is 0 Å². The van der Waals surface area contributed by atoms with Crippen LogP contribution in [0.2, 0.25) is 0 Å². The van der Waals surface area contributed by atoms with Crippen molar-refractivity contribution in [2.75, 3.05) is 0 Å². The maximum Gasteiger partial charge on any atom is 0.0724 e. The third-order valence-electron chi connectivity index (χ3n) is 8.61. The molecule has 2 N–H and O–H groups in total. The fourth-order valence-electron chi connectivity index (χ4n) is 7.33. The van der Waals surface area contributed by atoms with Gasteiger partial charge >= 0.3 is 0 Å². The van der Waals surface area contributed by atoms with Crippen LogP contribution in [0.15, 0.2) is 11.1 Å². The van der Waals surface area contributed by atoms with E-state index >= 15 is 0 Å². The standard InChI is InChI=1S/C21H34O2/c1-12-16(13(2)22)6-7-17-18-5-4-14-10-15(23)8-9-21(14,3)20(18)11-19(12)17/h13-15,17-20,22-23H,4-11H2,1-3H3/t13-,14+,15+,17+,18-,19+,20-,21+/m1/s1. The van der Waals surface area contributed by atoms with E-state index < -0.39 is 0 Å². The second-order valence-corrected chi connectivity index (χ2v) is 9.41. The molecule has 0 saturated heterocycles. The normalized spacial score (nSPS) is 51.0. The quantitative estimate of drug-likeness (QED) is 0.707. The van der Waals surface area contributed by atoms with Crippen LogP contribution in [0.25, 0.3) is 0 Å². The molecule has 130 valence electrons. The predicted octanol–water partition coefficient (Wildman–Crippen LogP) is 4.31. The van der Waals surface area contributed by atoms with Crippen molar-refractivity contribution in [2.45, 2.75) is 84.3 Å². The van der Waals surface area contributed by atoms with Gasteiger partial charge in [-0.05, 0) is 106 Å². The molecule has 23 heavy (non-hydrogen) atoms. The summed E-state index contributed by atoms with van der Waals surface area (Å²) in [5.41, 5.74) is 3.33. The van der Waals surface area contributed by atoms with Crippen LogP contribution in [-0.4, -0.2) is 22.4 Å². The van der Waals surface area contributed by atoms with Gasteiger partial charge in [-0.25, -0.2) is 0 Å². The minimum absolute atomic E-state index is 0.0446. The van der Waals surface area contributed by atoms with Gasteiger partial charge in [-0.15, -0.1) is 0 Å². The molecule has 0 aromatic rings. The summed E-state index contributed by atoms with van der Waals surface area (Å²) in [6.45, 7) is 6.80. The number of aliphatic hydroxyl groups is 2. The van der Waals surface area contributed by atoms with Crippen LogP contribution in [0.5, 0.6) is 0 Å². The zero-order chi connectivity index (χ0) is 16.4. The Bertz CT molecular complexity index is 508. The molecule has 3 saturated carbocycles. The molecule has 2 heteroatoms. The molecule has 0 bridgehead atoms. The molecule has 8 atom stereocenters. The molecule has 0 unspecified atom stereocenters. The van der Waals surface area contributed by atoms with Gasteiger partial charge in [0.15, 0.2) is 0 Å². The lowest BCUT2D eigenvalue weighted by molar-refractivity contribution is -0.0671. The molecular weight excluding hydrogens is 284 g/mol. The minimum Gasteiger partial charge on any atom is -0.393 e. The van der Waals surface area contributed by atoms with Gasteiger partial charge < -0.3 is 10.2 Å². The Morgan fingerprint density at radius 2 is 1.87 bits per heavy atom. The molecule has 0 aromatic heterocycles. The Morgan fingerprint density at radius 1 is 1.09 bits per heavy atom. The first-order valence-corrected chi connectivity index (χ1v) is 9.97. The molecule has 0 amide bonds. The van der Waals surface area contributed by atoms with Crippen LogP contribution in [0.4, 0.5) is 0 Å². The summed E-state index contributed by atoms with van der Waals surface area (Å²) in [4.78, 5) is 0. The Labute approximate surface area is 141 Å². The third kappa shape index (κ3) is 2.35. The van der Waals surface area contributed by atoms with Gasteiger partial charge in [0.05, 0.1) is 12.2 Å². The first kappa shape index (κ1) is 16.1. The van der Waals surface area contributed by atoms with E-state index in [0.29, 0.717) is 5.41 Å². The molecular formula is C21H34O2. The lowest BCUT2D eigenvalue weighted by atomic mass is 9.52. The second kappa shape index (κ2) is 5.59. The first-order chi connectivity index (χ1) is 10.9. The predicted molar refractivity (Wildman–Crippen MR) is 92.9 cm³/mol. The van der Waals surface area contributed by atoms with Crippen LogP contribution in [0.1, 0.15) is 72.1 Å².